The maximum atomic E-state index is 12.4. The van der Waals surface area contributed by atoms with Crippen LogP contribution in [-0.4, -0.2) is 69.6 Å². The van der Waals surface area contributed by atoms with Gasteiger partial charge >= 0.3 is 5.97 Å². The van der Waals surface area contributed by atoms with Crippen LogP contribution in [0.2, 0.25) is 0 Å². The summed E-state index contributed by atoms with van der Waals surface area (Å²) < 4.78 is 38.1. The Hall–Kier alpha value is -1.84. The van der Waals surface area contributed by atoms with Crippen LogP contribution in [0.5, 0.6) is 5.75 Å². The van der Waals surface area contributed by atoms with Gasteiger partial charge in [0.25, 0.3) is 0 Å². The molecule has 0 spiro atoms. The molecule has 0 amide bonds. The standard InChI is InChI=1S/C18H26N2O6S/c21-18(22)15-10-16(12-17(11-15)26-13-14-2-3-14)19-27(23,24)9-1-4-20-5-7-25-8-6-20/h10-12,14,19H,1-9,13H2,(H,21,22). The Morgan fingerprint density at radius 1 is 1.26 bits per heavy atom. The van der Waals surface area contributed by atoms with Gasteiger partial charge in [-0.25, -0.2) is 13.2 Å². The molecule has 1 saturated heterocycles. The first-order valence-corrected chi connectivity index (χ1v) is 10.9. The van der Waals surface area contributed by atoms with Crippen LogP contribution in [0.3, 0.4) is 0 Å². The van der Waals surface area contributed by atoms with Crippen molar-refractivity contribution in [1.82, 2.24) is 4.90 Å². The topological polar surface area (TPSA) is 105 Å². The first-order chi connectivity index (χ1) is 12.9. The highest BCUT2D eigenvalue weighted by Crippen LogP contribution is 2.30. The Morgan fingerprint density at radius 2 is 2.00 bits per heavy atom. The molecule has 0 unspecified atom stereocenters. The summed E-state index contributed by atoms with van der Waals surface area (Å²) in [5, 5.41) is 9.26. The number of hydrogen-bond donors (Lipinski definition) is 2. The van der Waals surface area contributed by atoms with Gasteiger partial charge in [-0.05, 0) is 43.9 Å². The minimum atomic E-state index is -3.57. The average Bonchev–Trinajstić information content (AvgIpc) is 3.44. The van der Waals surface area contributed by atoms with Gasteiger partial charge < -0.3 is 14.6 Å². The SMILES string of the molecule is O=C(O)c1cc(NS(=O)(=O)CCCN2CCOCC2)cc(OCC2CC2)c1. The van der Waals surface area contributed by atoms with Crippen molar-refractivity contribution in [1.29, 1.82) is 0 Å². The second kappa shape index (κ2) is 8.90. The summed E-state index contributed by atoms with van der Waals surface area (Å²) in [6.45, 7) is 4.20. The molecule has 1 heterocycles. The van der Waals surface area contributed by atoms with E-state index in [4.69, 9.17) is 9.47 Å². The van der Waals surface area contributed by atoms with E-state index in [0.29, 0.717) is 44.5 Å². The third-order valence-electron chi connectivity index (χ3n) is 4.60. The minimum absolute atomic E-state index is 0.00527. The Bertz CT molecular complexity index is 757. The van der Waals surface area contributed by atoms with Crippen molar-refractivity contribution in [3.05, 3.63) is 23.8 Å². The predicted molar refractivity (Wildman–Crippen MR) is 101 cm³/mol. The zero-order chi connectivity index (χ0) is 19.3. The molecule has 3 rings (SSSR count). The molecule has 2 fully saturated rings. The molecule has 2 aliphatic rings. The molecule has 1 aliphatic heterocycles. The second-order valence-electron chi connectivity index (χ2n) is 7.03. The smallest absolute Gasteiger partial charge is 0.335 e. The maximum Gasteiger partial charge on any atom is 0.335 e. The number of morpholine rings is 1. The van der Waals surface area contributed by atoms with E-state index in [1.165, 1.54) is 18.2 Å². The highest BCUT2D eigenvalue weighted by atomic mass is 32.2. The first-order valence-electron chi connectivity index (χ1n) is 9.23. The van der Waals surface area contributed by atoms with Crippen LogP contribution in [0.15, 0.2) is 18.2 Å². The van der Waals surface area contributed by atoms with Crippen LogP contribution >= 0.6 is 0 Å². The molecule has 2 N–H and O–H groups in total. The molecule has 1 aromatic rings. The monoisotopic (exact) mass is 398 g/mol. The van der Waals surface area contributed by atoms with Crippen molar-refractivity contribution in [3.8, 4) is 5.75 Å². The third-order valence-corrected chi connectivity index (χ3v) is 5.97. The maximum absolute atomic E-state index is 12.4. The van der Waals surface area contributed by atoms with Crippen molar-refractivity contribution >= 4 is 21.7 Å². The van der Waals surface area contributed by atoms with Gasteiger partial charge in [0.15, 0.2) is 0 Å². The number of benzene rings is 1. The van der Waals surface area contributed by atoms with E-state index in [2.05, 4.69) is 9.62 Å². The highest BCUT2D eigenvalue weighted by Gasteiger charge is 2.22. The minimum Gasteiger partial charge on any atom is -0.493 e. The number of nitrogens with one attached hydrogen (secondary N) is 1. The van der Waals surface area contributed by atoms with Gasteiger partial charge in [-0.1, -0.05) is 0 Å². The summed E-state index contributed by atoms with van der Waals surface area (Å²) in [7, 11) is -3.57. The number of carboxylic acids is 1. The van der Waals surface area contributed by atoms with Gasteiger partial charge in [-0.2, -0.15) is 0 Å². The number of aromatic carboxylic acids is 1. The lowest BCUT2D eigenvalue weighted by atomic mass is 10.2. The van der Waals surface area contributed by atoms with E-state index in [1.807, 2.05) is 0 Å². The molecule has 0 atom stereocenters. The molecule has 8 nitrogen and oxygen atoms in total. The molecule has 150 valence electrons. The fourth-order valence-electron chi connectivity index (χ4n) is 2.90. The summed E-state index contributed by atoms with van der Waals surface area (Å²) in [5.74, 6) is -0.272. The molecule has 0 radical (unpaired) electrons. The van der Waals surface area contributed by atoms with E-state index in [-0.39, 0.29) is 17.0 Å². The lowest BCUT2D eigenvalue weighted by Crippen LogP contribution is -2.37. The predicted octanol–water partition coefficient (Wildman–Crippen LogP) is 1.64. The van der Waals surface area contributed by atoms with Crippen molar-refractivity contribution in [2.45, 2.75) is 19.3 Å². The van der Waals surface area contributed by atoms with Crippen LogP contribution in [0, 0.1) is 5.92 Å². The quantitative estimate of drug-likeness (QED) is 0.617. The summed E-state index contributed by atoms with van der Waals surface area (Å²) in [4.78, 5) is 13.5. The second-order valence-corrected chi connectivity index (χ2v) is 8.88. The van der Waals surface area contributed by atoms with Gasteiger partial charge in [-0.15, -0.1) is 0 Å². The fraction of sp³-hybridized carbons (Fsp3) is 0.611. The van der Waals surface area contributed by atoms with E-state index in [0.717, 1.165) is 25.9 Å². The Morgan fingerprint density at radius 3 is 2.67 bits per heavy atom. The van der Waals surface area contributed by atoms with Crippen LogP contribution in [0.1, 0.15) is 29.6 Å². The van der Waals surface area contributed by atoms with Crippen molar-refractivity contribution < 1.29 is 27.8 Å². The van der Waals surface area contributed by atoms with E-state index in [9.17, 15) is 18.3 Å². The number of nitrogens with zero attached hydrogens (tertiary/aromatic N) is 1. The van der Waals surface area contributed by atoms with Crippen LogP contribution in [0.25, 0.3) is 0 Å². The summed E-state index contributed by atoms with van der Waals surface area (Å²) in [5.41, 5.74) is 0.210. The van der Waals surface area contributed by atoms with Gasteiger partial charge in [0.05, 0.1) is 36.8 Å². The number of hydrogen-bond acceptors (Lipinski definition) is 6. The fourth-order valence-corrected chi connectivity index (χ4v) is 3.99. The Labute approximate surface area is 159 Å². The highest BCUT2D eigenvalue weighted by molar-refractivity contribution is 7.92. The normalized spacial score (nSPS) is 18.2. The number of rotatable bonds is 10. The molecule has 1 aromatic carbocycles. The summed E-state index contributed by atoms with van der Waals surface area (Å²) >= 11 is 0. The van der Waals surface area contributed by atoms with Crippen molar-refractivity contribution in [3.63, 3.8) is 0 Å². The van der Waals surface area contributed by atoms with Gasteiger partial charge in [0, 0.05) is 19.2 Å². The zero-order valence-electron chi connectivity index (χ0n) is 15.2. The number of carbonyl (C=O) groups is 1. The van der Waals surface area contributed by atoms with Crippen LogP contribution < -0.4 is 9.46 Å². The Kier molecular flexibility index (Phi) is 6.56. The first kappa shape index (κ1) is 19.9. The van der Waals surface area contributed by atoms with E-state index >= 15 is 0 Å². The molecule has 1 saturated carbocycles. The molecule has 9 heteroatoms. The molecule has 0 aromatic heterocycles. The zero-order valence-corrected chi connectivity index (χ0v) is 16.0. The van der Waals surface area contributed by atoms with Crippen molar-refractivity contribution in [2.75, 3.05) is 49.9 Å². The average molecular weight is 398 g/mol. The van der Waals surface area contributed by atoms with Gasteiger partial charge in [0.2, 0.25) is 10.0 Å². The summed E-state index contributed by atoms with van der Waals surface area (Å²) in [6, 6.07) is 4.27. The van der Waals surface area contributed by atoms with Gasteiger partial charge in [-0.3, -0.25) is 9.62 Å². The molecule has 0 bridgehead atoms. The molecule has 27 heavy (non-hydrogen) atoms. The lowest BCUT2D eigenvalue weighted by molar-refractivity contribution is 0.0381. The molecule has 1 aliphatic carbocycles. The third kappa shape index (κ3) is 6.67. The molecular formula is C18H26N2O6S. The van der Waals surface area contributed by atoms with Crippen LogP contribution in [-0.2, 0) is 14.8 Å². The number of anilines is 1. The number of ether oxygens (including phenoxy) is 2. The van der Waals surface area contributed by atoms with Crippen molar-refractivity contribution in [2.24, 2.45) is 5.92 Å². The summed E-state index contributed by atoms with van der Waals surface area (Å²) in [6.07, 6.45) is 2.72. The molecular weight excluding hydrogens is 372 g/mol. The largest absolute Gasteiger partial charge is 0.493 e. The number of carboxylic acid groups (broad SMARTS) is 1. The number of sulfonamides is 1. The van der Waals surface area contributed by atoms with E-state index in [1.54, 1.807) is 0 Å². The lowest BCUT2D eigenvalue weighted by Gasteiger charge is -2.26. The van der Waals surface area contributed by atoms with E-state index < -0.39 is 16.0 Å². The van der Waals surface area contributed by atoms with Gasteiger partial charge in [0.1, 0.15) is 5.75 Å². The van der Waals surface area contributed by atoms with Crippen LogP contribution in [0.4, 0.5) is 5.69 Å². The Balaban J connectivity index is 1.58.